The molecule has 1 unspecified atom stereocenters. The Hall–Kier alpha value is -2.53. The number of urea groups is 1. The molecule has 0 aliphatic carbocycles. The Morgan fingerprint density at radius 2 is 1.74 bits per heavy atom. The number of carboxylic acid groups (broad SMARTS) is 1. The summed E-state index contributed by atoms with van der Waals surface area (Å²) < 4.78 is 52.8. The lowest BCUT2D eigenvalue weighted by atomic mass is 10.1. The minimum Gasteiger partial charge on any atom is -0.492 e. The molecule has 0 radical (unpaired) electrons. The van der Waals surface area contributed by atoms with Crippen LogP contribution in [-0.2, 0) is 20.7 Å². The van der Waals surface area contributed by atoms with Crippen molar-refractivity contribution in [3.05, 3.63) is 29.8 Å². The number of benzene rings is 1. The maximum absolute atomic E-state index is 12.5. The zero-order valence-electron chi connectivity index (χ0n) is 20.4. The normalized spacial score (nSPS) is 12.3. The number of rotatable bonds is 18. The number of ether oxygens (including phenoxy) is 3. The topological polar surface area (TPSA) is 97.3 Å². The molecular weight excluding hydrogens is 469 g/mol. The third-order valence-corrected chi connectivity index (χ3v) is 4.97. The van der Waals surface area contributed by atoms with Crippen LogP contribution >= 0.6 is 0 Å². The van der Waals surface area contributed by atoms with Gasteiger partial charge in [-0.3, -0.25) is 0 Å². The Kier molecular flexibility index (Phi) is 14.8. The molecule has 1 rings (SSSR count). The van der Waals surface area contributed by atoms with Gasteiger partial charge in [-0.05, 0) is 37.5 Å². The monoisotopic (exact) mass is 506 g/mol. The lowest BCUT2D eigenvalue weighted by molar-refractivity contribution is -0.150. The number of aliphatic carboxylic acids is 1. The minimum atomic E-state index is -4.20. The molecule has 0 bridgehead atoms. The molecule has 0 aliphatic rings. The summed E-state index contributed by atoms with van der Waals surface area (Å²) in [5.74, 6) is -0.458. The third kappa shape index (κ3) is 14.5. The summed E-state index contributed by atoms with van der Waals surface area (Å²) in [7, 11) is 0. The summed E-state index contributed by atoms with van der Waals surface area (Å²) in [4.78, 5) is 25.2. The Balaban J connectivity index is 2.51. The number of halogens is 3. The van der Waals surface area contributed by atoms with E-state index in [1.54, 1.807) is 31.2 Å². The van der Waals surface area contributed by atoms with Gasteiger partial charge in [0.05, 0.1) is 13.2 Å². The van der Waals surface area contributed by atoms with Crippen LogP contribution in [-0.4, -0.2) is 80.3 Å². The molecule has 8 nitrogen and oxygen atoms in total. The van der Waals surface area contributed by atoms with E-state index in [0.717, 1.165) is 18.4 Å². The van der Waals surface area contributed by atoms with Gasteiger partial charge in [-0.1, -0.05) is 25.5 Å². The second-order valence-corrected chi connectivity index (χ2v) is 7.88. The third-order valence-electron chi connectivity index (χ3n) is 4.97. The molecule has 0 spiro atoms. The predicted molar refractivity (Wildman–Crippen MR) is 125 cm³/mol. The molecule has 2 N–H and O–H groups in total. The van der Waals surface area contributed by atoms with Crippen molar-refractivity contribution < 1.29 is 42.1 Å². The van der Waals surface area contributed by atoms with Gasteiger partial charge < -0.3 is 29.5 Å². The van der Waals surface area contributed by atoms with E-state index in [1.165, 1.54) is 4.90 Å². The largest absolute Gasteiger partial charge is 0.492 e. The fourth-order valence-corrected chi connectivity index (χ4v) is 3.08. The number of nitrogens with zero attached hydrogens (tertiary/aromatic N) is 1. The molecule has 0 saturated heterocycles. The molecule has 11 heteroatoms. The van der Waals surface area contributed by atoms with E-state index in [-0.39, 0.29) is 51.8 Å². The summed E-state index contributed by atoms with van der Waals surface area (Å²) in [6.45, 7) is 5.36. The maximum atomic E-state index is 12.5. The smallest absolute Gasteiger partial charge is 0.389 e. The summed E-state index contributed by atoms with van der Waals surface area (Å²) >= 11 is 0. The summed E-state index contributed by atoms with van der Waals surface area (Å²) in [5.41, 5.74) is 0.790. The van der Waals surface area contributed by atoms with Gasteiger partial charge in [0.1, 0.15) is 12.4 Å². The predicted octanol–water partition coefficient (Wildman–Crippen LogP) is 4.27. The number of hydrogen-bond acceptors (Lipinski definition) is 5. The molecule has 2 amide bonds. The van der Waals surface area contributed by atoms with E-state index >= 15 is 0 Å². The van der Waals surface area contributed by atoms with Gasteiger partial charge >= 0.3 is 18.2 Å². The molecule has 1 aromatic rings. The SMILES string of the molecule is CCCCNC(=O)N(CCOCCCC(F)(F)F)CCOc1ccc(CC(OCC)C(=O)O)cc1. The van der Waals surface area contributed by atoms with Crippen molar-refractivity contribution in [3.8, 4) is 5.75 Å². The van der Waals surface area contributed by atoms with Crippen LogP contribution in [0.3, 0.4) is 0 Å². The molecule has 0 aliphatic heterocycles. The summed E-state index contributed by atoms with van der Waals surface area (Å²) in [6.07, 6.45) is -4.14. The van der Waals surface area contributed by atoms with Gasteiger partial charge in [0.15, 0.2) is 6.10 Å². The second-order valence-electron chi connectivity index (χ2n) is 7.88. The molecule has 0 heterocycles. The Morgan fingerprint density at radius 1 is 1.06 bits per heavy atom. The van der Waals surface area contributed by atoms with Crippen molar-refractivity contribution in [2.45, 2.75) is 58.2 Å². The number of carbonyl (C=O) groups is 2. The molecule has 0 aromatic heterocycles. The van der Waals surface area contributed by atoms with Gasteiger partial charge in [0.25, 0.3) is 0 Å². The van der Waals surface area contributed by atoms with Crippen LogP contribution in [0.2, 0.25) is 0 Å². The highest BCUT2D eigenvalue weighted by Gasteiger charge is 2.26. The minimum absolute atomic E-state index is 0.0281. The van der Waals surface area contributed by atoms with Crippen molar-refractivity contribution in [1.82, 2.24) is 10.2 Å². The van der Waals surface area contributed by atoms with E-state index in [2.05, 4.69) is 5.32 Å². The number of unbranched alkanes of at least 4 members (excludes halogenated alkanes) is 1. The number of carboxylic acids is 1. The lowest BCUT2D eigenvalue weighted by Gasteiger charge is -2.23. The average Bonchev–Trinajstić information content (AvgIpc) is 2.80. The molecule has 1 aromatic carbocycles. The first-order valence-electron chi connectivity index (χ1n) is 11.9. The summed E-state index contributed by atoms with van der Waals surface area (Å²) in [5, 5.41) is 12.0. The van der Waals surface area contributed by atoms with Crippen LogP contribution in [0, 0.1) is 0 Å². The Morgan fingerprint density at radius 3 is 2.34 bits per heavy atom. The second kappa shape index (κ2) is 17.0. The first kappa shape index (κ1) is 30.5. The maximum Gasteiger partial charge on any atom is 0.389 e. The molecule has 1 atom stereocenters. The van der Waals surface area contributed by atoms with Gasteiger partial charge in [-0.25, -0.2) is 9.59 Å². The highest BCUT2D eigenvalue weighted by molar-refractivity contribution is 5.74. The van der Waals surface area contributed by atoms with Crippen LogP contribution in [0.25, 0.3) is 0 Å². The van der Waals surface area contributed by atoms with E-state index < -0.39 is 24.7 Å². The number of nitrogens with one attached hydrogen (secondary N) is 1. The van der Waals surface area contributed by atoms with Crippen molar-refractivity contribution in [2.75, 3.05) is 46.1 Å². The molecule has 0 saturated carbocycles. The number of hydrogen-bond donors (Lipinski definition) is 2. The Bertz CT molecular complexity index is 731. The number of carbonyl (C=O) groups excluding carboxylic acids is 1. The van der Waals surface area contributed by atoms with E-state index in [0.29, 0.717) is 18.9 Å². The van der Waals surface area contributed by atoms with Crippen LogP contribution in [0.4, 0.5) is 18.0 Å². The molecular formula is C24H37F3N2O6. The fraction of sp³-hybridized carbons (Fsp3) is 0.667. The van der Waals surface area contributed by atoms with Crippen LogP contribution in [0.1, 0.15) is 45.1 Å². The van der Waals surface area contributed by atoms with Gasteiger partial charge in [-0.2, -0.15) is 13.2 Å². The zero-order chi connectivity index (χ0) is 26.1. The first-order valence-corrected chi connectivity index (χ1v) is 11.9. The molecule has 200 valence electrons. The number of amides is 2. The first-order chi connectivity index (χ1) is 16.7. The van der Waals surface area contributed by atoms with E-state index in [1.807, 2.05) is 6.92 Å². The quantitative estimate of drug-likeness (QED) is 0.289. The highest BCUT2D eigenvalue weighted by Crippen LogP contribution is 2.21. The van der Waals surface area contributed by atoms with Crippen molar-refractivity contribution in [3.63, 3.8) is 0 Å². The molecule has 35 heavy (non-hydrogen) atoms. The van der Waals surface area contributed by atoms with Crippen molar-refractivity contribution in [1.29, 1.82) is 0 Å². The van der Waals surface area contributed by atoms with Gasteiger partial charge in [0, 0.05) is 39.1 Å². The Labute approximate surface area is 204 Å². The van der Waals surface area contributed by atoms with Crippen LogP contribution in [0.15, 0.2) is 24.3 Å². The van der Waals surface area contributed by atoms with Crippen LogP contribution in [0.5, 0.6) is 5.75 Å². The highest BCUT2D eigenvalue weighted by atomic mass is 19.4. The van der Waals surface area contributed by atoms with Gasteiger partial charge in [0.2, 0.25) is 0 Å². The van der Waals surface area contributed by atoms with Gasteiger partial charge in [-0.15, -0.1) is 0 Å². The van der Waals surface area contributed by atoms with Crippen molar-refractivity contribution in [2.24, 2.45) is 0 Å². The lowest BCUT2D eigenvalue weighted by Crippen LogP contribution is -2.44. The zero-order valence-corrected chi connectivity index (χ0v) is 20.4. The van der Waals surface area contributed by atoms with E-state index in [4.69, 9.17) is 14.2 Å². The number of alkyl halides is 3. The molecule has 0 fully saturated rings. The van der Waals surface area contributed by atoms with Crippen LogP contribution < -0.4 is 10.1 Å². The fourth-order valence-electron chi connectivity index (χ4n) is 3.08. The summed E-state index contributed by atoms with van der Waals surface area (Å²) in [6, 6.07) is 6.67. The van der Waals surface area contributed by atoms with E-state index in [9.17, 15) is 27.9 Å². The van der Waals surface area contributed by atoms with Crippen molar-refractivity contribution >= 4 is 12.0 Å². The average molecular weight is 507 g/mol. The standard InChI is InChI=1S/C24H37F3N2O6/c1-3-5-12-28-23(32)29(13-16-33-15-6-11-24(25,26)27)14-17-35-20-9-7-19(8-10-20)18-21(22(30)31)34-4-2/h7-10,21H,3-6,11-18H2,1-2H3,(H,28,32)(H,30,31).